The molecule has 0 radical (unpaired) electrons. The van der Waals surface area contributed by atoms with E-state index in [9.17, 15) is 22.8 Å². The Morgan fingerprint density at radius 1 is 1.18 bits per heavy atom. The standard InChI is InChI=1S/C21H27F3N2O2/c1-3-19(27)25-17-11-16(12-17)20(28)26-8-6-14(7-9-26)15-4-5-18(13(2)10-15)21(22,23)24/h4-5,10,14,16-17H,3,6-9,11-12H2,1-2H3,(H,25,27). The maximum Gasteiger partial charge on any atom is 0.416 e. The van der Waals surface area contributed by atoms with Gasteiger partial charge in [0.15, 0.2) is 0 Å². The highest BCUT2D eigenvalue weighted by Gasteiger charge is 2.38. The summed E-state index contributed by atoms with van der Waals surface area (Å²) in [6.07, 6.45) is -0.953. The molecule has 1 aromatic carbocycles. The molecule has 2 amide bonds. The van der Waals surface area contributed by atoms with Crippen LogP contribution < -0.4 is 5.32 Å². The average molecular weight is 396 g/mol. The molecule has 1 aliphatic carbocycles. The molecule has 0 spiro atoms. The number of nitrogens with zero attached hydrogens (tertiary/aromatic N) is 1. The molecule has 2 aliphatic rings. The lowest BCUT2D eigenvalue weighted by Gasteiger charge is -2.40. The Morgan fingerprint density at radius 2 is 1.82 bits per heavy atom. The van der Waals surface area contributed by atoms with Gasteiger partial charge in [0.2, 0.25) is 11.8 Å². The zero-order valence-electron chi connectivity index (χ0n) is 16.3. The Morgan fingerprint density at radius 3 is 2.36 bits per heavy atom. The number of halogens is 3. The number of alkyl halides is 3. The van der Waals surface area contributed by atoms with E-state index in [1.54, 1.807) is 19.1 Å². The minimum atomic E-state index is -4.32. The SMILES string of the molecule is CCC(=O)NC1CC(C(=O)N2CCC(c3ccc(C(F)(F)F)c(C)c3)CC2)C1. The number of hydrogen-bond donors (Lipinski definition) is 1. The van der Waals surface area contributed by atoms with Gasteiger partial charge in [0, 0.05) is 31.5 Å². The highest BCUT2D eigenvalue weighted by atomic mass is 19.4. The third-order valence-electron chi connectivity index (χ3n) is 6.01. The molecule has 1 aliphatic heterocycles. The van der Waals surface area contributed by atoms with E-state index in [0.29, 0.717) is 32.4 Å². The number of rotatable bonds is 4. The van der Waals surface area contributed by atoms with Gasteiger partial charge < -0.3 is 10.2 Å². The van der Waals surface area contributed by atoms with Crippen molar-refractivity contribution < 1.29 is 22.8 Å². The van der Waals surface area contributed by atoms with Gasteiger partial charge in [0.25, 0.3) is 0 Å². The molecule has 1 saturated heterocycles. The van der Waals surface area contributed by atoms with E-state index in [-0.39, 0.29) is 35.3 Å². The van der Waals surface area contributed by atoms with Crippen LogP contribution in [0.4, 0.5) is 13.2 Å². The van der Waals surface area contributed by atoms with Crippen molar-refractivity contribution in [1.29, 1.82) is 0 Å². The van der Waals surface area contributed by atoms with Gasteiger partial charge in [-0.15, -0.1) is 0 Å². The molecule has 2 fully saturated rings. The molecule has 0 atom stereocenters. The Kier molecular flexibility index (Phi) is 6.01. The third kappa shape index (κ3) is 4.50. The Bertz CT molecular complexity index is 734. The molecule has 0 bridgehead atoms. The van der Waals surface area contributed by atoms with Crippen LogP contribution in [0, 0.1) is 12.8 Å². The summed E-state index contributed by atoms with van der Waals surface area (Å²) in [5.41, 5.74) is 0.584. The highest BCUT2D eigenvalue weighted by Crippen LogP contribution is 2.36. The smallest absolute Gasteiger partial charge is 0.353 e. The second-order valence-corrected chi connectivity index (χ2v) is 7.96. The number of carbonyl (C=O) groups is 2. The largest absolute Gasteiger partial charge is 0.416 e. The summed E-state index contributed by atoms with van der Waals surface area (Å²) in [4.78, 5) is 25.9. The van der Waals surface area contributed by atoms with Crippen LogP contribution in [0.15, 0.2) is 18.2 Å². The van der Waals surface area contributed by atoms with Crippen LogP contribution in [0.2, 0.25) is 0 Å². The number of carbonyl (C=O) groups excluding carboxylic acids is 2. The molecule has 4 nitrogen and oxygen atoms in total. The first-order chi connectivity index (χ1) is 13.2. The molecule has 154 valence electrons. The monoisotopic (exact) mass is 396 g/mol. The van der Waals surface area contributed by atoms with Crippen molar-refractivity contribution in [1.82, 2.24) is 10.2 Å². The lowest BCUT2D eigenvalue weighted by atomic mass is 9.78. The summed E-state index contributed by atoms with van der Waals surface area (Å²) in [7, 11) is 0. The predicted octanol–water partition coefficient (Wildman–Crippen LogP) is 4.02. The fourth-order valence-electron chi connectivity index (χ4n) is 4.22. The van der Waals surface area contributed by atoms with Gasteiger partial charge in [-0.1, -0.05) is 19.1 Å². The Balaban J connectivity index is 1.50. The van der Waals surface area contributed by atoms with Gasteiger partial charge in [-0.25, -0.2) is 0 Å². The first-order valence-electron chi connectivity index (χ1n) is 9.95. The highest BCUT2D eigenvalue weighted by molar-refractivity contribution is 5.81. The van der Waals surface area contributed by atoms with Crippen LogP contribution in [-0.4, -0.2) is 35.8 Å². The van der Waals surface area contributed by atoms with E-state index < -0.39 is 11.7 Å². The van der Waals surface area contributed by atoms with Gasteiger partial charge in [-0.3, -0.25) is 9.59 Å². The number of benzene rings is 1. The fourth-order valence-corrected chi connectivity index (χ4v) is 4.22. The Labute approximate surface area is 163 Å². The quantitative estimate of drug-likeness (QED) is 0.836. The molecule has 1 N–H and O–H groups in total. The van der Waals surface area contributed by atoms with E-state index in [4.69, 9.17) is 0 Å². The number of amides is 2. The number of aryl methyl sites for hydroxylation is 1. The van der Waals surface area contributed by atoms with E-state index in [2.05, 4.69) is 5.32 Å². The van der Waals surface area contributed by atoms with Crippen LogP contribution in [0.5, 0.6) is 0 Å². The van der Waals surface area contributed by atoms with Gasteiger partial charge >= 0.3 is 6.18 Å². The zero-order chi connectivity index (χ0) is 20.5. The van der Waals surface area contributed by atoms with Crippen molar-refractivity contribution in [2.75, 3.05) is 13.1 Å². The summed E-state index contributed by atoms with van der Waals surface area (Å²) in [6, 6.07) is 4.48. The molecule has 3 rings (SSSR count). The maximum absolute atomic E-state index is 12.9. The minimum absolute atomic E-state index is 0.0172. The van der Waals surface area contributed by atoms with Crippen molar-refractivity contribution in [3.63, 3.8) is 0 Å². The van der Waals surface area contributed by atoms with Gasteiger partial charge in [-0.05, 0) is 55.7 Å². The van der Waals surface area contributed by atoms with Crippen molar-refractivity contribution in [3.05, 3.63) is 34.9 Å². The van der Waals surface area contributed by atoms with Gasteiger partial charge in [-0.2, -0.15) is 13.2 Å². The van der Waals surface area contributed by atoms with Gasteiger partial charge in [0.1, 0.15) is 0 Å². The summed E-state index contributed by atoms with van der Waals surface area (Å²) >= 11 is 0. The summed E-state index contributed by atoms with van der Waals surface area (Å²) in [6.45, 7) is 4.56. The summed E-state index contributed by atoms with van der Waals surface area (Å²) in [5, 5.41) is 2.91. The number of likely N-dealkylation sites (tertiary alicyclic amines) is 1. The molecule has 28 heavy (non-hydrogen) atoms. The number of hydrogen-bond acceptors (Lipinski definition) is 2. The topological polar surface area (TPSA) is 49.4 Å². The first kappa shape index (κ1) is 20.7. The van der Waals surface area contributed by atoms with E-state index in [0.717, 1.165) is 18.4 Å². The molecule has 0 unspecified atom stereocenters. The average Bonchev–Trinajstić information content (AvgIpc) is 2.62. The van der Waals surface area contributed by atoms with E-state index >= 15 is 0 Å². The molecule has 7 heteroatoms. The Hall–Kier alpha value is -2.05. The van der Waals surface area contributed by atoms with Gasteiger partial charge in [0.05, 0.1) is 5.56 Å². The second kappa shape index (κ2) is 8.13. The summed E-state index contributed by atoms with van der Waals surface area (Å²) < 4.78 is 38.8. The van der Waals surface area contributed by atoms with Crippen LogP contribution in [-0.2, 0) is 15.8 Å². The van der Waals surface area contributed by atoms with E-state index in [1.165, 1.54) is 13.0 Å². The predicted molar refractivity (Wildman–Crippen MR) is 99.7 cm³/mol. The molecule has 1 heterocycles. The lowest BCUT2D eigenvalue weighted by Crippen LogP contribution is -2.51. The van der Waals surface area contributed by atoms with Crippen LogP contribution in [0.3, 0.4) is 0 Å². The normalized spacial score (nSPS) is 23.2. The van der Waals surface area contributed by atoms with Crippen molar-refractivity contribution in [2.45, 2.75) is 64.1 Å². The molecular weight excluding hydrogens is 369 g/mol. The van der Waals surface area contributed by atoms with Crippen molar-refractivity contribution in [2.24, 2.45) is 5.92 Å². The number of nitrogens with one attached hydrogen (secondary N) is 1. The van der Waals surface area contributed by atoms with Crippen molar-refractivity contribution >= 4 is 11.8 Å². The molecular formula is C21H27F3N2O2. The zero-order valence-corrected chi connectivity index (χ0v) is 16.3. The number of piperidine rings is 1. The first-order valence-corrected chi connectivity index (χ1v) is 9.95. The lowest BCUT2D eigenvalue weighted by molar-refractivity contribution is -0.141. The van der Waals surface area contributed by atoms with Crippen LogP contribution >= 0.6 is 0 Å². The molecule has 1 aromatic rings. The molecule has 0 aromatic heterocycles. The van der Waals surface area contributed by atoms with Crippen molar-refractivity contribution in [3.8, 4) is 0 Å². The fraction of sp³-hybridized carbons (Fsp3) is 0.619. The molecule has 1 saturated carbocycles. The third-order valence-corrected chi connectivity index (χ3v) is 6.01. The second-order valence-electron chi connectivity index (χ2n) is 7.96. The van der Waals surface area contributed by atoms with E-state index in [1.807, 2.05) is 4.90 Å². The van der Waals surface area contributed by atoms with Crippen LogP contribution in [0.1, 0.15) is 61.6 Å². The van der Waals surface area contributed by atoms with Crippen LogP contribution in [0.25, 0.3) is 0 Å². The maximum atomic E-state index is 12.9. The minimum Gasteiger partial charge on any atom is -0.353 e. The summed E-state index contributed by atoms with van der Waals surface area (Å²) in [5.74, 6) is 0.322.